The zero-order chi connectivity index (χ0) is 43.2. The van der Waals surface area contributed by atoms with Gasteiger partial charge in [0.05, 0.1) is 35.6 Å². The van der Waals surface area contributed by atoms with Crippen LogP contribution in [0.4, 0.5) is 38.9 Å². The molecule has 0 radical (unpaired) electrons. The Hall–Kier alpha value is -8.35. The number of aryl methyl sites for hydroxylation is 4. The summed E-state index contributed by atoms with van der Waals surface area (Å²) in [6.07, 6.45) is 5.80. The molecule has 19 nitrogen and oxygen atoms in total. The van der Waals surface area contributed by atoms with Gasteiger partial charge in [0.1, 0.15) is 22.8 Å². The van der Waals surface area contributed by atoms with Crippen molar-refractivity contribution in [2.75, 3.05) is 31.9 Å². The highest BCUT2D eigenvalue weighted by atomic mass is 16.4. The van der Waals surface area contributed by atoms with Crippen LogP contribution >= 0.6 is 0 Å². The lowest BCUT2D eigenvalue weighted by Gasteiger charge is -2.07. The van der Waals surface area contributed by atoms with Crippen molar-refractivity contribution in [3.05, 3.63) is 131 Å². The lowest BCUT2D eigenvalue weighted by Crippen LogP contribution is -2.18. The molecular formula is C41H40N10O9. The third-order valence-corrected chi connectivity index (χ3v) is 9.06. The van der Waals surface area contributed by atoms with E-state index in [1.807, 2.05) is 0 Å². The van der Waals surface area contributed by atoms with Crippen molar-refractivity contribution in [2.24, 2.45) is 28.2 Å². The fourth-order valence-electron chi connectivity index (χ4n) is 6.38. The summed E-state index contributed by atoms with van der Waals surface area (Å²) >= 11 is 0. The summed E-state index contributed by atoms with van der Waals surface area (Å²) in [6.45, 7) is 0. The Kier molecular flexibility index (Phi) is 12.0. The van der Waals surface area contributed by atoms with E-state index in [1.165, 1.54) is 54.9 Å². The van der Waals surface area contributed by atoms with Gasteiger partial charge in [-0.05, 0) is 59.7 Å². The fourth-order valence-corrected chi connectivity index (χ4v) is 6.38. The van der Waals surface area contributed by atoms with E-state index in [9.17, 15) is 33.6 Å². The summed E-state index contributed by atoms with van der Waals surface area (Å²) in [7, 11) is 6.50. The molecule has 0 spiro atoms. The minimum atomic E-state index is -0.995. The monoisotopic (exact) mass is 816 g/mol. The van der Waals surface area contributed by atoms with Gasteiger partial charge in [0.25, 0.3) is 23.6 Å². The van der Waals surface area contributed by atoms with Gasteiger partial charge in [0.15, 0.2) is 0 Å². The highest BCUT2D eigenvalue weighted by Crippen LogP contribution is 2.22. The molecule has 0 saturated carbocycles. The first-order valence-corrected chi connectivity index (χ1v) is 18.1. The van der Waals surface area contributed by atoms with Gasteiger partial charge in [-0.3, -0.25) is 28.8 Å². The van der Waals surface area contributed by atoms with Crippen LogP contribution in [0.3, 0.4) is 0 Å². The van der Waals surface area contributed by atoms with E-state index >= 15 is 0 Å². The summed E-state index contributed by atoms with van der Waals surface area (Å²) < 4.78 is 6.08. The lowest BCUT2D eigenvalue weighted by molar-refractivity contribution is -0.137. The van der Waals surface area contributed by atoms with Crippen molar-refractivity contribution in [1.29, 1.82) is 0 Å². The molecule has 2 aromatic carbocycles. The molecule has 0 bridgehead atoms. The molecular weight excluding hydrogens is 777 g/mol. The predicted octanol–water partition coefficient (Wildman–Crippen LogP) is 4.95. The van der Waals surface area contributed by atoms with Gasteiger partial charge in [-0.1, -0.05) is 24.3 Å². The molecule has 0 atom stereocenters. The van der Waals surface area contributed by atoms with Crippen LogP contribution in [0, 0.1) is 0 Å². The maximum atomic E-state index is 13.2. The zero-order valence-electron chi connectivity index (χ0n) is 32.7. The number of benzene rings is 2. The number of anilines is 6. The Balaban J connectivity index is 1.02. The molecule has 6 amide bonds. The van der Waals surface area contributed by atoms with Crippen molar-refractivity contribution in [1.82, 2.24) is 18.3 Å². The molecule has 4 heterocycles. The second-order valence-corrected chi connectivity index (χ2v) is 13.8. The first kappa shape index (κ1) is 41.3. The Morgan fingerprint density at radius 1 is 0.417 bits per heavy atom. The largest absolute Gasteiger partial charge is 0.481 e. The van der Waals surface area contributed by atoms with E-state index in [2.05, 4.69) is 31.9 Å². The zero-order valence-corrected chi connectivity index (χ0v) is 32.7. The van der Waals surface area contributed by atoms with Crippen LogP contribution in [0.1, 0.15) is 53.1 Å². The molecule has 6 rings (SSSR count). The average Bonchev–Trinajstić information content (AvgIpc) is 3.92. The summed E-state index contributed by atoms with van der Waals surface area (Å²) in [5, 5.41) is 34.4. The van der Waals surface area contributed by atoms with E-state index in [-0.39, 0.29) is 35.6 Å². The van der Waals surface area contributed by atoms with Gasteiger partial charge >= 0.3 is 18.0 Å². The van der Waals surface area contributed by atoms with Gasteiger partial charge < -0.3 is 60.4 Å². The number of carboxylic acid groups (broad SMARTS) is 2. The summed E-state index contributed by atoms with van der Waals surface area (Å²) in [5.41, 5.74) is 3.99. The van der Waals surface area contributed by atoms with Crippen LogP contribution in [0.25, 0.3) is 0 Å². The number of aliphatic carboxylic acids is 2. The number of hydrogen-bond acceptors (Lipinski definition) is 7. The van der Waals surface area contributed by atoms with E-state index in [1.54, 1.807) is 89.1 Å². The second kappa shape index (κ2) is 17.4. The number of carbonyl (C=O) groups excluding carboxylic acids is 5. The highest BCUT2D eigenvalue weighted by Gasteiger charge is 2.20. The van der Waals surface area contributed by atoms with Crippen molar-refractivity contribution in [3.63, 3.8) is 0 Å². The molecule has 0 aliphatic heterocycles. The Bertz CT molecular complexity index is 2500. The minimum absolute atomic E-state index is 0.193. The van der Waals surface area contributed by atoms with Crippen LogP contribution < -0.4 is 31.9 Å². The second-order valence-electron chi connectivity index (χ2n) is 13.8. The van der Waals surface area contributed by atoms with Crippen LogP contribution in [-0.4, -0.2) is 70.1 Å². The molecule has 0 fully saturated rings. The van der Waals surface area contributed by atoms with Crippen LogP contribution in [-0.2, 0) is 50.6 Å². The first-order chi connectivity index (χ1) is 28.5. The van der Waals surface area contributed by atoms with Crippen LogP contribution in [0.15, 0.2) is 97.6 Å². The molecule has 0 aliphatic rings. The van der Waals surface area contributed by atoms with Crippen LogP contribution in [0.5, 0.6) is 0 Å². The molecule has 0 saturated heterocycles. The number of hydrogen-bond donors (Lipinski definition) is 8. The maximum Gasteiger partial charge on any atom is 0.323 e. The van der Waals surface area contributed by atoms with Crippen molar-refractivity contribution in [2.45, 2.75) is 12.8 Å². The summed E-state index contributed by atoms with van der Waals surface area (Å²) in [5.74, 6) is -3.97. The predicted molar refractivity (Wildman–Crippen MR) is 222 cm³/mol. The van der Waals surface area contributed by atoms with E-state index < -0.39 is 41.6 Å². The van der Waals surface area contributed by atoms with Gasteiger partial charge in [0, 0.05) is 64.4 Å². The smallest absolute Gasteiger partial charge is 0.323 e. The van der Waals surface area contributed by atoms with Crippen LogP contribution in [0.2, 0.25) is 0 Å². The number of carboxylic acids is 2. The fraction of sp³-hybridized carbons (Fsp3) is 0.146. The molecule has 0 unspecified atom stereocenters. The van der Waals surface area contributed by atoms with Gasteiger partial charge in [0.2, 0.25) is 0 Å². The van der Waals surface area contributed by atoms with Crippen molar-refractivity contribution < 1.29 is 43.8 Å². The Labute approximate surface area is 341 Å². The standard InChI is InChI=1S/C41H40N10O9/c1-48-19-27(15-31(48)37(56)42-25-9-5-7-23(11-25)13-35(52)53)44-39(58)33-17-29(21-50(33)3)46-41(60)47-30-18-34(51(4)22-30)40(59)45-28-16-32(49(2)20-28)38(57)43-26-10-6-8-24(12-26)14-36(54)55/h5-12,15-22H,13-14H2,1-4H3,(H,42,56)(H,43,57)(H,44,58)(H,45,59)(H,52,53)(H,54,55)(H2,46,47,60). The lowest BCUT2D eigenvalue weighted by atomic mass is 10.1. The number of amides is 6. The summed E-state index contributed by atoms with van der Waals surface area (Å²) in [6, 6.07) is 18.2. The molecule has 0 aliphatic carbocycles. The van der Waals surface area contributed by atoms with E-state index in [4.69, 9.17) is 10.2 Å². The third-order valence-electron chi connectivity index (χ3n) is 9.06. The number of carbonyl (C=O) groups is 7. The van der Waals surface area contributed by atoms with Gasteiger partial charge in [-0.25, -0.2) is 4.79 Å². The van der Waals surface area contributed by atoms with E-state index in [0.29, 0.717) is 45.3 Å². The third kappa shape index (κ3) is 10.1. The number of rotatable bonds is 14. The Morgan fingerprint density at radius 3 is 1.00 bits per heavy atom. The SMILES string of the molecule is Cn1cc(NC(=O)Nc2cc(C(=O)Nc3cc(C(=O)Nc4cccc(CC(=O)O)c4)n(C)c3)n(C)c2)cc1C(=O)Nc1cc(C(=O)Nc2cccc(CC(=O)O)c2)n(C)c1. The molecule has 60 heavy (non-hydrogen) atoms. The number of nitrogens with zero attached hydrogens (tertiary/aromatic N) is 4. The Morgan fingerprint density at radius 2 is 0.700 bits per heavy atom. The minimum Gasteiger partial charge on any atom is -0.481 e. The highest BCUT2D eigenvalue weighted by molar-refractivity contribution is 6.09. The molecule has 8 N–H and O–H groups in total. The quantitative estimate of drug-likeness (QED) is 0.0740. The normalized spacial score (nSPS) is 10.7. The molecule has 6 aromatic rings. The topological polar surface area (TPSA) is 252 Å². The molecule has 308 valence electrons. The number of aromatic nitrogens is 4. The molecule has 19 heteroatoms. The van der Waals surface area contributed by atoms with Gasteiger partial charge in [-0.15, -0.1) is 0 Å². The van der Waals surface area contributed by atoms with E-state index in [0.717, 1.165) is 0 Å². The molecule has 4 aromatic heterocycles. The van der Waals surface area contributed by atoms with Gasteiger partial charge in [-0.2, -0.15) is 0 Å². The number of nitrogens with one attached hydrogen (secondary N) is 6. The average molecular weight is 817 g/mol. The maximum absolute atomic E-state index is 13.2. The van der Waals surface area contributed by atoms with Crippen molar-refractivity contribution >= 4 is 75.7 Å². The summed E-state index contributed by atoms with van der Waals surface area (Å²) in [4.78, 5) is 87.6. The first-order valence-electron chi connectivity index (χ1n) is 18.1. The van der Waals surface area contributed by atoms with Crippen molar-refractivity contribution in [3.8, 4) is 0 Å². The number of urea groups is 1.